The predicted molar refractivity (Wildman–Crippen MR) is 149 cm³/mol. The normalized spacial score (nSPS) is 24.6. The summed E-state index contributed by atoms with van der Waals surface area (Å²) in [5.41, 5.74) is -1.21. The highest BCUT2D eigenvalue weighted by Gasteiger charge is 2.43. The molecule has 1 saturated heterocycles. The number of ether oxygens (including phenoxy) is 2. The third kappa shape index (κ3) is 8.28. The van der Waals surface area contributed by atoms with Crippen LogP contribution in [0.25, 0.3) is 0 Å². The van der Waals surface area contributed by atoms with Crippen molar-refractivity contribution < 1.29 is 23.8 Å². The number of rotatable bonds is 13. The standard InChI is InChI=1S/C29H47ClFN3O4/c1-32-19-23(18-21-11-13-24(38-3)14-12-21)33-28(35)34-16-7-8-22(20-34)29(36,15-4-5-17-37-2)25-9-6-10-26(30)27(25)31/h6,9-10,21-24,32,36H,4-5,7-8,11-20H2,1-3H3,(H,33,35)/t21-,22-,23+,24-,29+/m1/s1. The lowest BCUT2D eigenvalue weighted by atomic mass is 9.74. The lowest BCUT2D eigenvalue weighted by molar-refractivity contribution is -0.0587. The molecule has 1 aromatic carbocycles. The predicted octanol–water partition coefficient (Wildman–Crippen LogP) is 5.09. The quantitative estimate of drug-likeness (QED) is 0.295. The summed E-state index contributed by atoms with van der Waals surface area (Å²) in [4.78, 5) is 15.2. The Labute approximate surface area is 232 Å². The van der Waals surface area contributed by atoms with Crippen molar-refractivity contribution in [1.29, 1.82) is 0 Å². The van der Waals surface area contributed by atoms with Crippen molar-refractivity contribution in [3.05, 3.63) is 34.6 Å². The molecule has 3 N–H and O–H groups in total. The average molecular weight is 556 g/mol. The minimum atomic E-state index is -1.42. The van der Waals surface area contributed by atoms with Crippen LogP contribution in [0.1, 0.15) is 69.8 Å². The first-order chi connectivity index (χ1) is 18.3. The molecule has 0 unspecified atom stereocenters. The molecule has 9 heteroatoms. The number of carbonyl (C=O) groups excluding carboxylic acids is 1. The van der Waals surface area contributed by atoms with Crippen molar-refractivity contribution in [2.24, 2.45) is 11.8 Å². The number of hydrogen-bond acceptors (Lipinski definition) is 5. The number of aliphatic hydroxyl groups is 1. The Bertz CT molecular complexity index is 870. The van der Waals surface area contributed by atoms with E-state index in [-0.39, 0.29) is 28.6 Å². The fraction of sp³-hybridized carbons (Fsp3) is 0.759. The highest BCUT2D eigenvalue weighted by atomic mass is 35.5. The maximum Gasteiger partial charge on any atom is 0.317 e. The molecule has 1 heterocycles. The Morgan fingerprint density at radius 2 is 2.00 bits per heavy atom. The minimum Gasteiger partial charge on any atom is -0.385 e. The highest BCUT2D eigenvalue weighted by Crippen LogP contribution is 2.42. The van der Waals surface area contributed by atoms with E-state index in [4.69, 9.17) is 21.1 Å². The number of hydrogen-bond donors (Lipinski definition) is 3. The molecule has 1 aromatic rings. The van der Waals surface area contributed by atoms with E-state index in [2.05, 4.69) is 10.6 Å². The van der Waals surface area contributed by atoms with E-state index in [0.717, 1.165) is 44.9 Å². The second-order valence-corrected chi connectivity index (χ2v) is 11.5. The molecule has 0 bridgehead atoms. The second-order valence-electron chi connectivity index (χ2n) is 11.1. The number of piperidine rings is 1. The van der Waals surface area contributed by atoms with Gasteiger partial charge in [0.2, 0.25) is 0 Å². The van der Waals surface area contributed by atoms with E-state index < -0.39 is 11.4 Å². The van der Waals surface area contributed by atoms with E-state index >= 15 is 4.39 Å². The van der Waals surface area contributed by atoms with E-state index in [1.807, 2.05) is 7.05 Å². The number of amides is 2. The molecule has 1 aliphatic heterocycles. The number of urea groups is 1. The van der Waals surface area contributed by atoms with Crippen LogP contribution in [0.5, 0.6) is 0 Å². The summed E-state index contributed by atoms with van der Waals surface area (Å²) in [5, 5.41) is 18.5. The van der Waals surface area contributed by atoms with Gasteiger partial charge in [0.15, 0.2) is 0 Å². The van der Waals surface area contributed by atoms with Gasteiger partial charge >= 0.3 is 6.03 Å². The van der Waals surface area contributed by atoms with Crippen LogP contribution in [-0.2, 0) is 15.1 Å². The molecule has 2 aliphatic rings. The second kappa shape index (κ2) is 15.4. The Morgan fingerprint density at radius 1 is 1.24 bits per heavy atom. The third-order valence-electron chi connectivity index (χ3n) is 8.48. The van der Waals surface area contributed by atoms with E-state index in [9.17, 15) is 9.90 Å². The highest BCUT2D eigenvalue weighted by molar-refractivity contribution is 6.30. The molecule has 0 spiro atoms. The lowest BCUT2D eigenvalue weighted by Crippen LogP contribution is -2.54. The molecule has 2 fully saturated rings. The van der Waals surface area contributed by atoms with Gasteiger partial charge in [0.25, 0.3) is 0 Å². The van der Waals surface area contributed by atoms with E-state index in [1.165, 1.54) is 6.07 Å². The van der Waals surface area contributed by atoms with Gasteiger partial charge in [-0.1, -0.05) is 23.7 Å². The van der Waals surface area contributed by atoms with Gasteiger partial charge in [-0.15, -0.1) is 0 Å². The van der Waals surface area contributed by atoms with Gasteiger partial charge in [-0.2, -0.15) is 0 Å². The molecule has 3 atom stereocenters. The first kappa shape index (κ1) is 31.1. The van der Waals surface area contributed by atoms with Gasteiger partial charge in [0.1, 0.15) is 5.82 Å². The number of unbranched alkanes of at least 4 members (excludes halogenated alkanes) is 1. The van der Waals surface area contributed by atoms with E-state index in [0.29, 0.717) is 57.5 Å². The number of nitrogens with one attached hydrogen (secondary N) is 2. The molecule has 7 nitrogen and oxygen atoms in total. The van der Waals surface area contributed by atoms with Crippen LogP contribution in [0.15, 0.2) is 18.2 Å². The molecule has 0 radical (unpaired) electrons. The molecule has 38 heavy (non-hydrogen) atoms. The Kier molecular flexibility index (Phi) is 12.6. The molecule has 216 valence electrons. The number of carbonyl (C=O) groups is 1. The zero-order valence-electron chi connectivity index (χ0n) is 23.3. The Balaban J connectivity index is 1.69. The largest absolute Gasteiger partial charge is 0.385 e. The van der Waals surface area contributed by atoms with Gasteiger partial charge in [-0.3, -0.25) is 0 Å². The zero-order chi connectivity index (χ0) is 27.5. The number of halogens is 2. The average Bonchev–Trinajstić information content (AvgIpc) is 2.93. The molecule has 1 saturated carbocycles. The van der Waals surface area contributed by atoms with Gasteiger partial charge in [0.05, 0.1) is 16.7 Å². The number of methoxy groups -OCH3 is 2. The molecular formula is C29H47ClFN3O4. The Morgan fingerprint density at radius 3 is 2.68 bits per heavy atom. The fourth-order valence-electron chi connectivity index (χ4n) is 6.30. The van der Waals surface area contributed by atoms with E-state index in [1.54, 1.807) is 31.3 Å². The third-order valence-corrected chi connectivity index (χ3v) is 8.77. The number of likely N-dealkylation sites (tertiary alicyclic amines) is 1. The summed E-state index contributed by atoms with van der Waals surface area (Å²) in [5.74, 6) is -0.316. The van der Waals surface area contributed by atoms with Gasteiger partial charge in [0, 0.05) is 58.0 Å². The van der Waals surface area contributed by atoms with Gasteiger partial charge in [-0.05, 0) is 83.2 Å². The van der Waals surface area contributed by atoms with Crippen LogP contribution < -0.4 is 10.6 Å². The summed E-state index contributed by atoms with van der Waals surface area (Å²) < 4.78 is 25.9. The summed E-state index contributed by atoms with van der Waals surface area (Å²) >= 11 is 6.11. The van der Waals surface area contributed by atoms with Crippen molar-refractivity contribution in [3.63, 3.8) is 0 Å². The maximum absolute atomic E-state index is 15.2. The van der Waals surface area contributed by atoms with Crippen molar-refractivity contribution in [2.75, 3.05) is 47.5 Å². The van der Waals surface area contributed by atoms with Crippen LogP contribution in [0, 0.1) is 17.7 Å². The smallest absolute Gasteiger partial charge is 0.317 e. The zero-order valence-corrected chi connectivity index (χ0v) is 24.1. The van der Waals surface area contributed by atoms with Crippen molar-refractivity contribution in [2.45, 2.75) is 82.0 Å². The lowest BCUT2D eigenvalue weighted by Gasteiger charge is -2.43. The van der Waals surface area contributed by atoms with Crippen molar-refractivity contribution in [1.82, 2.24) is 15.5 Å². The van der Waals surface area contributed by atoms with Gasteiger partial charge < -0.3 is 30.1 Å². The van der Waals surface area contributed by atoms with Crippen LogP contribution >= 0.6 is 11.6 Å². The number of nitrogens with zero attached hydrogens (tertiary/aromatic N) is 1. The summed E-state index contributed by atoms with van der Waals surface area (Å²) in [6, 6.07) is 4.70. The topological polar surface area (TPSA) is 83.1 Å². The first-order valence-electron chi connectivity index (χ1n) is 14.2. The van der Waals surface area contributed by atoms with Crippen LogP contribution in [-0.4, -0.2) is 75.7 Å². The summed E-state index contributed by atoms with van der Waals surface area (Å²) in [7, 11) is 5.33. The minimum absolute atomic E-state index is 0.00216. The molecule has 2 amide bonds. The van der Waals surface area contributed by atoms with Crippen molar-refractivity contribution in [3.8, 4) is 0 Å². The molecular weight excluding hydrogens is 509 g/mol. The first-order valence-corrected chi connectivity index (χ1v) is 14.6. The Hall–Kier alpha value is -1.45. The molecule has 0 aromatic heterocycles. The van der Waals surface area contributed by atoms with Crippen LogP contribution in [0.3, 0.4) is 0 Å². The fourth-order valence-corrected chi connectivity index (χ4v) is 6.47. The number of likely N-dealkylation sites (N-methyl/N-ethyl adjacent to an activating group) is 1. The van der Waals surface area contributed by atoms with Crippen molar-refractivity contribution >= 4 is 17.6 Å². The summed E-state index contributed by atoms with van der Waals surface area (Å²) in [6.07, 6.45) is 8.91. The SMILES string of the molecule is CNC[C@H](C[C@H]1CC[C@H](OC)CC1)NC(=O)N1CCC[C@@H]([C@@](O)(CCCCOC)c2cccc(Cl)c2F)C1. The molecule has 3 rings (SSSR count). The van der Waals surface area contributed by atoms with Gasteiger partial charge in [-0.25, -0.2) is 9.18 Å². The molecule has 1 aliphatic carbocycles. The number of benzene rings is 1. The van der Waals surface area contributed by atoms with Crippen LogP contribution in [0.4, 0.5) is 9.18 Å². The summed E-state index contributed by atoms with van der Waals surface area (Å²) in [6.45, 7) is 2.26. The monoisotopic (exact) mass is 555 g/mol. The maximum atomic E-state index is 15.2. The van der Waals surface area contributed by atoms with Crippen LogP contribution in [0.2, 0.25) is 5.02 Å².